The number of aryl methyl sites for hydroxylation is 1. The summed E-state index contributed by atoms with van der Waals surface area (Å²) in [6.07, 6.45) is 2.58. The molecule has 0 radical (unpaired) electrons. The minimum atomic E-state index is -0.853. The molecule has 3 rings (SSSR count). The lowest BCUT2D eigenvalue weighted by molar-refractivity contribution is -0.136. The lowest BCUT2D eigenvalue weighted by Crippen LogP contribution is -2.38. The number of anilines is 2. The fraction of sp³-hybridized carbons (Fsp3) is 0.409. The Morgan fingerprint density at radius 3 is 2.70 bits per heavy atom. The number of carbonyl (C=O) groups is 3. The topological polar surface area (TPSA) is 112 Å². The predicted molar refractivity (Wildman–Crippen MR) is 112 cm³/mol. The molecule has 1 aliphatic rings. The molecule has 160 valence electrons. The highest BCUT2D eigenvalue weighted by molar-refractivity contribution is 6.39. The summed E-state index contributed by atoms with van der Waals surface area (Å²) in [7, 11) is 0. The third-order valence-corrected chi connectivity index (χ3v) is 5.00. The van der Waals surface area contributed by atoms with Gasteiger partial charge in [-0.05, 0) is 49.1 Å². The van der Waals surface area contributed by atoms with Crippen molar-refractivity contribution in [1.29, 1.82) is 0 Å². The number of benzene rings is 1. The van der Waals surface area contributed by atoms with E-state index in [0.29, 0.717) is 18.0 Å². The van der Waals surface area contributed by atoms with Crippen LogP contribution >= 0.6 is 0 Å². The summed E-state index contributed by atoms with van der Waals surface area (Å²) < 4.78 is 5.09. The van der Waals surface area contributed by atoms with Crippen LogP contribution in [0.3, 0.4) is 0 Å². The molecule has 1 atom stereocenters. The lowest BCUT2D eigenvalue weighted by atomic mass is 9.99. The lowest BCUT2D eigenvalue weighted by Gasteiger charge is -2.31. The van der Waals surface area contributed by atoms with E-state index in [9.17, 15) is 19.5 Å². The Bertz CT molecular complexity index is 908. The van der Waals surface area contributed by atoms with Crippen LogP contribution in [-0.4, -0.2) is 35.9 Å². The highest BCUT2D eigenvalue weighted by Crippen LogP contribution is 2.31. The fourth-order valence-electron chi connectivity index (χ4n) is 3.41. The second-order valence-electron chi connectivity index (χ2n) is 7.62. The van der Waals surface area contributed by atoms with E-state index in [2.05, 4.69) is 10.6 Å². The largest absolute Gasteiger partial charge is 0.467 e. The Morgan fingerprint density at radius 2 is 2.00 bits per heavy atom. The summed E-state index contributed by atoms with van der Waals surface area (Å²) in [5.74, 6) is -1.29. The number of aliphatic hydroxyl groups excluding tert-OH is 1. The normalized spacial score (nSPS) is 14.2. The molecule has 0 bridgehead atoms. The average Bonchev–Trinajstić information content (AvgIpc) is 3.27. The molecule has 3 N–H and O–H groups in total. The Labute approximate surface area is 175 Å². The highest BCUT2D eigenvalue weighted by atomic mass is 16.4. The first-order chi connectivity index (χ1) is 14.4. The SMILES string of the molecule is CC(C)C(=O)N1CCCc2ccc(NC(=O)C(=O)NCCC(O)c3ccco3)cc21. The van der Waals surface area contributed by atoms with Crippen LogP contribution in [0.5, 0.6) is 0 Å². The van der Waals surface area contributed by atoms with E-state index >= 15 is 0 Å². The van der Waals surface area contributed by atoms with Crippen molar-refractivity contribution in [3.63, 3.8) is 0 Å². The van der Waals surface area contributed by atoms with Crippen molar-refractivity contribution in [2.45, 2.75) is 39.2 Å². The number of fused-ring (bicyclic) bond motifs is 1. The van der Waals surface area contributed by atoms with Gasteiger partial charge in [0.2, 0.25) is 5.91 Å². The van der Waals surface area contributed by atoms with Crippen molar-refractivity contribution in [2.75, 3.05) is 23.3 Å². The Hall–Kier alpha value is -3.13. The van der Waals surface area contributed by atoms with Gasteiger partial charge in [-0.15, -0.1) is 0 Å². The van der Waals surface area contributed by atoms with Gasteiger partial charge in [-0.25, -0.2) is 0 Å². The Morgan fingerprint density at radius 1 is 1.20 bits per heavy atom. The summed E-state index contributed by atoms with van der Waals surface area (Å²) in [5.41, 5.74) is 2.28. The van der Waals surface area contributed by atoms with Crippen LogP contribution in [0.15, 0.2) is 41.0 Å². The minimum Gasteiger partial charge on any atom is -0.467 e. The van der Waals surface area contributed by atoms with Crippen LogP contribution in [0.2, 0.25) is 0 Å². The number of rotatable bonds is 6. The van der Waals surface area contributed by atoms with Crippen molar-refractivity contribution < 1.29 is 23.9 Å². The van der Waals surface area contributed by atoms with Gasteiger partial charge in [0.15, 0.2) is 0 Å². The van der Waals surface area contributed by atoms with Gasteiger partial charge in [0, 0.05) is 30.4 Å². The third kappa shape index (κ3) is 5.07. The smallest absolute Gasteiger partial charge is 0.313 e. The number of carbonyl (C=O) groups excluding carboxylic acids is 3. The maximum Gasteiger partial charge on any atom is 0.313 e. The molecule has 1 aromatic carbocycles. The molecule has 8 nitrogen and oxygen atoms in total. The summed E-state index contributed by atoms with van der Waals surface area (Å²) in [6, 6.07) is 8.65. The Balaban J connectivity index is 1.58. The number of aliphatic hydroxyl groups is 1. The maximum atomic E-state index is 12.5. The first-order valence-electron chi connectivity index (χ1n) is 10.1. The van der Waals surface area contributed by atoms with Crippen molar-refractivity contribution in [3.05, 3.63) is 47.9 Å². The monoisotopic (exact) mass is 413 g/mol. The molecule has 30 heavy (non-hydrogen) atoms. The molecule has 1 unspecified atom stereocenters. The standard InChI is InChI=1S/C22H27N3O5/c1-14(2)22(29)25-11-3-5-15-7-8-16(13-17(15)25)24-21(28)20(27)23-10-9-18(26)19-6-4-12-30-19/h4,6-8,12-14,18,26H,3,5,9-11H2,1-2H3,(H,23,27)(H,24,28). The summed E-state index contributed by atoms with van der Waals surface area (Å²) in [4.78, 5) is 38.6. The number of furan rings is 1. The zero-order valence-electron chi connectivity index (χ0n) is 17.2. The second kappa shape index (κ2) is 9.58. The average molecular weight is 413 g/mol. The second-order valence-corrected chi connectivity index (χ2v) is 7.62. The van der Waals surface area contributed by atoms with Gasteiger partial charge in [0.1, 0.15) is 11.9 Å². The van der Waals surface area contributed by atoms with Gasteiger partial charge < -0.3 is 25.1 Å². The van der Waals surface area contributed by atoms with Crippen LogP contribution in [0, 0.1) is 5.92 Å². The molecule has 2 heterocycles. The van der Waals surface area contributed by atoms with Crippen molar-refractivity contribution >= 4 is 29.1 Å². The fourth-order valence-corrected chi connectivity index (χ4v) is 3.41. The third-order valence-electron chi connectivity index (χ3n) is 5.00. The van der Waals surface area contributed by atoms with Gasteiger partial charge in [-0.3, -0.25) is 14.4 Å². The summed E-state index contributed by atoms with van der Waals surface area (Å²) >= 11 is 0. The van der Waals surface area contributed by atoms with Gasteiger partial charge in [0.25, 0.3) is 0 Å². The van der Waals surface area contributed by atoms with Crippen LogP contribution < -0.4 is 15.5 Å². The van der Waals surface area contributed by atoms with Gasteiger partial charge in [0.05, 0.1) is 6.26 Å². The molecule has 0 spiro atoms. The summed E-state index contributed by atoms with van der Waals surface area (Å²) in [5, 5.41) is 15.0. The van der Waals surface area contributed by atoms with E-state index in [1.165, 1.54) is 6.26 Å². The molecule has 0 fully saturated rings. The number of nitrogens with zero attached hydrogens (tertiary/aromatic N) is 1. The van der Waals surface area contributed by atoms with E-state index in [1.54, 1.807) is 29.2 Å². The first-order valence-corrected chi connectivity index (χ1v) is 10.1. The minimum absolute atomic E-state index is 0.0345. The molecular formula is C22H27N3O5. The van der Waals surface area contributed by atoms with Crippen LogP contribution in [-0.2, 0) is 20.8 Å². The van der Waals surface area contributed by atoms with Crippen molar-refractivity contribution in [1.82, 2.24) is 5.32 Å². The molecule has 2 aromatic rings. The van der Waals surface area contributed by atoms with Crippen LogP contribution in [0.4, 0.5) is 11.4 Å². The quantitative estimate of drug-likeness (QED) is 0.630. The van der Waals surface area contributed by atoms with Gasteiger partial charge >= 0.3 is 11.8 Å². The van der Waals surface area contributed by atoms with E-state index in [1.807, 2.05) is 19.9 Å². The van der Waals surface area contributed by atoms with E-state index in [-0.39, 0.29) is 24.8 Å². The molecular weight excluding hydrogens is 386 g/mol. The molecule has 0 saturated carbocycles. The predicted octanol–water partition coefficient (Wildman–Crippen LogP) is 2.39. The van der Waals surface area contributed by atoms with Gasteiger partial charge in [-0.2, -0.15) is 0 Å². The van der Waals surface area contributed by atoms with Crippen molar-refractivity contribution in [3.8, 4) is 0 Å². The summed E-state index contributed by atoms with van der Waals surface area (Å²) in [6.45, 7) is 4.47. The molecule has 0 saturated heterocycles. The van der Waals surface area contributed by atoms with Crippen LogP contribution in [0.1, 0.15) is 44.1 Å². The molecule has 8 heteroatoms. The Kier molecular flexibility index (Phi) is 6.89. The molecule has 3 amide bonds. The number of amides is 3. The molecule has 1 aromatic heterocycles. The molecule has 1 aliphatic heterocycles. The zero-order valence-corrected chi connectivity index (χ0v) is 17.2. The zero-order chi connectivity index (χ0) is 21.7. The first kappa shape index (κ1) is 21.6. The van der Waals surface area contributed by atoms with E-state index < -0.39 is 17.9 Å². The number of nitrogens with one attached hydrogen (secondary N) is 2. The maximum absolute atomic E-state index is 12.5. The van der Waals surface area contributed by atoms with E-state index in [4.69, 9.17) is 4.42 Å². The van der Waals surface area contributed by atoms with Gasteiger partial charge in [-0.1, -0.05) is 19.9 Å². The van der Waals surface area contributed by atoms with E-state index in [0.717, 1.165) is 24.1 Å². The number of hydrogen-bond donors (Lipinski definition) is 3. The molecule has 0 aliphatic carbocycles. The van der Waals surface area contributed by atoms with Crippen LogP contribution in [0.25, 0.3) is 0 Å². The van der Waals surface area contributed by atoms with Crippen molar-refractivity contribution in [2.24, 2.45) is 5.92 Å². The highest BCUT2D eigenvalue weighted by Gasteiger charge is 2.25. The number of hydrogen-bond acceptors (Lipinski definition) is 5.